The molecule has 100 valence electrons. The van der Waals surface area contributed by atoms with Crippen LogP contribution in [0.2, 0.25) is 0 Å². The fourth-order valence-electron chi connectivity index (χ4n) is 0.821. The Hall–Kier alpha value is -1.24. The van der Waals surface area contributed by atoms with Gasteiger partial charge in [-0.2, -0.15) is 9.90 Å². The second-order valence-corrected chi connectivity index (χ2v) is 4.20. The molecule has 0 saturated carbocycles. The maximum atomic E-state index is 12.0. The predicted octanol–water partition coefficient (Wildman–Crippen LogP) is 3.25. The van der Waals surface area contributed by atoms with Crippen molar-refractivity contribution in [3.05, 3.63) is 12.7 Å². The van der Waals surface area contributed by atoms with Crippen LogP contribution in [0.1, 0.15) is 27.2 Å². The zero-order chi connectivity index (χ0) is 13.7. The highest BCUT2D eigenvalue weighted by Gasteiger charge is 2.36. The van der Waals surface area contributed by atoms with Gasteiger partial charge in [-0.05, 0) is 27.2 Å². The summed E-state index contributed by atoms with van der Waals surface area (Å²) in [5.41, 5.74) is -0.890. The highest BCUT2D eigenvalue weighted by Crippen LogP contribution is 2.20. The van der Waals surface area contributed by atoms with E-state index < -0.39 is 18.1 Å². The minimum atomic E-state index is -4.93. The molecule has 0 N–H and O–H groups in total. The van der Waals surface area contributed by atoms with Crippen molar-refractivity contribution in [3.63, 3.8) is 0 Å². The summed E-state index contributed by atoms with van der Waals surface area (Å²) in [5, 5.41) is 0.132. The Morgan fingerprint density at radius 1 is 1.35 bits per heavy atom. The van der Waals surface area contributed by atoms with Gasteiger partial charge in [0, 0.05) is 0 Å². The second kappa shape index (κ2) is 5.90. The van der Waals surface area contributed by atoms with Gasteiger partial charge >= 0.3 is 12.5 Å². The lowest BCUT2D eigenvalue weighted by molar-refractivity contribution is -0.402. The number of nitrogens with zero attached hydrogens (tertiary/aromatic N) is 1. The van der Waals surface area contributed by atoms with E-state index >= 15 is 0 Å². The van der Waals surface area contributed by atoms with E-state index in [2.05, 4.69) is 11.4 Å². The van der Waals surface area contributed by atoms with Crippen LogP contribution >= 0.6 is 0 Å². The first-order chi connectivity index (χ1) is 7.55. The molecule has 0 spiro atoms. The molecule has 0 aliphatic carbocycles. The van der Waals surface area contributed by atoms with Crippen molar-refractivity contribution < 1.29 is 27.5 Å². The number of amides is 1. The Bertz CT molecular complexity index is 271. The van der Waals surface area contributed by atoms with Crippen molar-refractivity contribution in [2.75, 3.05) is 6.54 Å². The Morgan fingerprint density at radius 3 is 2.24 bits per heavy atom. The maximum Gasteiger partial charge on any atom is 0.544 e. The molecule has 4 nitrogen and oxygen atoms in total. The minimum absolute atomic E-state index is 0.132. The van der Waals surface area contributed by atoms with Crippen LogP contribution in [0.3, 0.4) is 0 Å². The molecule has 0 fully saturated rings. The predicted molar refractivity (Wildman–Crippen MR) is 54.9 cm³/mol. The SMILES string of the molecule is C=CCCN(OC(F)(F)F)C(=O)OC(C)(C)C. The number of carbonyl (C=O) groups is 1. The summed E-state index contributed by atoms with van der Waals surface area (Å²) in [6, 6.07) is 0. The number of alkyl halides is 3. The van der Waals surface area contributed by atoms with Gasteiger partial charge in [0.2, 0.25) is 0 Å². The van der Waals surface area contributed by atoms with Gasteiger partial charge in [0.25, 0.3) is 0 Å². The molecule has 0 aromatic rings. The molecule has 0 saturated heterocycles. The Morgan fingerprint density at radius 2 is 1.88 bits per heavy atom. The molecule has 0 aliphatic heterocycles. The van der Waals surface area contributed by atoms with Gasteiger partial charge in [-0.25, -0.2) is 4.79 Å². The smallest absolute Gasteiger partial charge is 0.442 e. The Kier molecular flexibility index (Phi) is 5.47. The van der Waals surface area contributed by atoms with E-state index in [0.29, 0.717) is 0 Å². The molecule has 0 aromatic carbocycles. The summed E-state index contributed by atoms with van der Waals surface area (Å²) in [6.45, 7) is 7.71. The average molecular weight is 255 g/mol. The number of hydrogen-bond acceptors (Lipinski definition) is 3. The van der Waals surface area contributed by atoms with Gasteiger partial charge in [0.15, 0.2) is 0 Å². The summed E-state index contributed by atoms with van der Waals surface area (Å²) in [6.07, 6.45) is -4.58. The number of rotatable bonds is 4. The van der Waals surface area contributed by atoms with E-state index in [1.165, 1.54) is 6.08 Å². The van der Waals surface area contributed by atoms with E-state index in [1.807, 2.05) is 0 Å². The van der Waals surface area contributed by atoms with Crippen molar-refractivity contribution in [3.8, 4) is 0 Å². The number of ether oxygens (including phenoxy) is 1. The largest absolute Gasteiger partial charge is 0.544 e. The minimum Gasteiger partial charge on any atom is -0.442 e. The van der Waals surface area contributed by atoms with Crippen molar-refractivity contribution in [2.24, 2.45) is 0 Å². The van der Waals surface area contributed by atoms with Gasteiger partial charge < -0.3 is 4.74 Å². The first-order valence-electron chi connectivity index (χ1n) is 4.92. The van der Waals surface area contributed by atoms with Gasteiger partial charge in [0.1, 0.15) is 5.60 Å². The first-order valence-corrected chi connectivity index (χ1v) is 4.92. The standard InChI is InChI=1S/C10H16F3NO3/c1-5-6-7-14(17-10(11,12)13)8(15)16-9(2,3)4/h5H,1,6-7H2,2-4H3. The van der Waals surface area contributed by atoms with Crippen molar-refractivity contribution >= 4 is 6.09 Å². The lowest BCUT2D eigenvalue weighted by atomic mass is 10.2. The van der Waals surface area contributed by atoms with Crippen LogP contribution in [0.25, 0.3) is 0 Å². The zero-order valence-electron chi connectivity index (χ0n) is 10.0. The second-order valence-electron chi connectivity index (χ2n) is 4.20. The van der Waals surface area contributed by atoms with Gasteiger partial charge in [-0.15, -0.1) is 19.8 Å². The van der Waals surface area contributed by atoms with Gasteiger partial charge in [0.05, 0.1) is 6.54 Å². The summed E-state index contributed by atoms with van der Waals surface area (Å²) in [5.74, 6) is 0. The monoisotopic (exact) mass is 255 g/mol. The zero-order valence-corrected chi connectivity index (χ0v) is 10.0. The average Bonchev–Trinajstić information content (AvgIpc) is 2.07. The van der Waals surface area contributed by atoms with Gasteiger partial charge in [-0.3, -0.25) is 0 Å². The maximum absolute atomic E-state index is 12.0. The van der Waals surface area contributed by atoms with E-state index in [-0.39, 0.29) is 18.0 Å². The Labute approximate surface area is 97.9 Å². The van der Waals surface area contributed by atoms with Crippen LogP contribution in [0, 0.1) is 0 Å². The molecule has 0 aliphatic rings. The van der Waals surface area contributed by atoms with Crippen molar-refractivity contribution in [2.45, 2.75) is 39.2 Å². The fraction of sp³-hybridized carbons (Fsp3) is 0.700. The molecule has 7 heteroatoms. The summed E-state index contributed by atoms with van der Waals surface area (Å²) in [7, 11) is 0. The topological polar surface area (TPSA) is 38.8 Å². The lowest BCUT2D eigenvalue weighted by Crippen LogP contribution is -2.40. The molecule has 0 bridgehead atoms. The highest BCUT2D eigenvalue weighted by atomic mass is 19.4. The normalized spacial score (nSPS) is 12.1. The molecule has 0 aromatic heterocycles. The van der Waals surface area contributed by atoms with E-state index in [4.69, 9.17) is 4.74 Å². The summed E-state index contributed by atoms with van der Waals surface area (Å²) < 4.78 is 40.9. The van der Waals surface area contributed by atoms with Crippen LogP contribution in [0.15, 0.2) is 12.7 Å². The molecule has 0 heterocycles. The van der Waals surface area contributed by atoms with E-state index in [1.54, 1.807) is 20.8 Å². The third-order valence-corrected chi connectivity index (χ3v) is 1.35. The van der Waals surface area contributed by atoms with Gasteiger partial charge in [-0.1, -0.05) is 6.08 Å². The van der Waals surface area contributed by atoms with Crippen LogP contribution in [-0.4, -0.2) is 29.7 Å². The fourth-order valence-corrected chi connectivity index (χ4v) is 0.821. The Balaban J connectivity index is 4.56. The van der Waals surface area contributed by atoms with Crippen LogP contribution in [-0.2, 0) is 9.57 Å². The van der Waals surface area contributed by atoms with E-state index in [0.717, 1.165) is 0 Å². The number of halogens is 3. The quantitative estimate of drug-likeness (QED) is 0.571. The molecule has 0 rings (SSSR count). The number of hydrogen-bond donors (Lipinski definition) is 0. The molecule has 0 unspecified atom stereocenters. The van der Waals surface area contributed by atoms with Crippen LogP contribution in [0.4, 0.5) is 18.0 Å². The third-order valence-electron chi connectivity index (χ3n) is 1.35. The molecule has 0 atom stereocenters. The number of hydroxylamine groups is 2. The first kappa shape index (κ1) is 15.8. The van der Waals surface area contributed by atoms with Crippen LogP contribution in [0.5, 0.6) is 0 Å². The number of carbonyl (C=O) groups excluding carboxylic acids is 1. The van der Waals surface area contributed by atoms with E-state index in [9.17, 15) is 18.0 Å². The third kappa shape index (κ3) is 8.56. The molecular formula is C10H16F3NO3. The molecule has 0 radical (unpaired) electrons. The highest BCUT2D eigenvalue weighted by molar-refractivity contribution is 5.66. The van der Waals surface area contributed by atoms with Crippen LogP contribution < -0.4 is 0 Å². The molecule has 17 heavy (non-hydrogen) atoms. The summed E-state index contributed by atoms with van der Waals surface area (Å²) in [4.78, 5) is 14.9. The van der Waals surface area contributed by atoms with Crippen molar-refractivity contribution in [1.82, 2.24) is 5.06 Å². The summed E-state index contributed by atoms with van der Waals surface area (Å²) >= 11 is 0. The lowest BCUT2D eigenvalue weighted by Gasteiger charge is -2.26. The van der Waals surface area contributed by atoms with Crippen molar-refractivity contribution in [1.29, 1.82) is 0 Å². The molecule has 1 amide bonds. The molecular weight excluding hydrogens is 239 g/mol.